The first-order chi connectivity index (χ1) is 7.57. The Hall–Kier alpha value is -1.23. The van der Waals surface area contributed by atoms with E-state index in [-0.39, 0.29) is 10.8 Å². The lowest BCUT2D eigenvalue weighted by Crippen LogP contribution is -2.35. The van der Waals surface area contributed by atoms with Gasteiger partial charge in [-0.15, -0.1) is 0 Å². The second-order valence-corrected chi connectivity index (χ2v) is 5.01. The molecule has 0 spiro atoms. The highest BCUT2D eigenvalue weighted by Crippen LogP contribution is 2.15. The molecule has 0 aliphatic carbocycles. The number of carbonyl (C=O) groups excluding carboxylic acids is 1. The average molecular weight is 243 g/mol. The number of amides is 1. The third-order valence-corrected chi connectivity index (χ3v) is 3.72. The van der Waals surface area contributed by atoms with E-state index in [0.717, 1.165) is 0 Å². The lowest BCUT2D eigenvalue weighted by Gasteiger charge is -2.11. The Morgan fingerprint density at radius 1 is 1.50 bits per heavy atom. The monoisotopic (exact) mass is 243 g/mol. The largest absolute Gasteiger partial charge is 0.355 e. The third kappa shape index (κ3) is 2.88. The Kier molecular flexibility index (Phi) is 4.61. The summed E-state index contributed by atoms with van der Waals surface area (Å²) in [7, 11) is -1.66. The Labute approximate surface area is 96.5 Å². The van der Waals surface area contributed by atoms with Gasteiger partial charge in [0.15, 0.2) is 0 Å². The number of hydrogen-bond donors (Lipinski definition) is 1. The summed E-state index contributed by atoms with van der Waals surface area (Å²) in [5.74, 6) is -0.874. The molecule has 0 saturated carbocycles. The summed E-state index contributed by atoms with van der Waals surface area (Å²) in [5.41, 5.74) is 0. The SMILES string of the molecule is CCNC(=O)C(C)S(=O)c1ccccc1F. The first kappa shape index (κ1) is 12.8. The van der Waals surface area contributed by atoms with Crippen LogP contribution in [-0.4, -0.2) is 21.9 Å². The molecule has 0 aromatic heterocycles. The van der Waals surface area contributed by atoms with Crippen LogP contribution in [0.3, 0.4) is 0 Å². The van der Waals surface area contributed by atoms with Gasteiger partial charge in [-0.3, -0.25) is 9.00 Å². The van der Waals surface area contributed by atoms with Crippen LogP contribution >= 0.6 is 0 Å². The molecule has 1 N–H and O–H groups in total. The van der Waals surface area contributed by atoms with E-state index in [1.165, 1.54) is 25.1 Å². The van der Waals surface area contributed by atoms with Crippen molar-refractivity contribution < 1.29 is 13.4 Å². The Balaban J connectivity index is 2.86. The topological polar surface area (TPSA) is 46.2 Å². The van der Waals surface area contributed by atoms with E-state index in [1.54, 1.807) is 13.0 Å². The molecule has 0 radical (unpaired) electrons. The van der Waals surface area contributed by atoms with Crippen LogP contribution in [0.15, 0.2) is 29.2 Å². The maximum absolute atomic E-state index is 13.3. The quantitative estimate of drug-likeness (QED) is 0.870. The maximum atomic E-state index is 13.3. The number of carbonyl (C=O) groups is 1. The molecule has 0 saturated heterocycles. The number of halogens is 1. The third-order valence-electron chi connectivity index (χ3n) is 2.09. The highest BCUT2D eigenvalue weighted by atomic mass is 32.2. The Morgan fingerprint density at radius 2 is 2.12 bits per heavy atom. The zero-order chi connectivity index (χ0) is 12.1. The Morgan fingerprint density at radius 3 is 2.69 bits per heavy atom. The molecule has 3 nitrogen and oxygen atoms in total. The molecular formula is C11H14FNO2S. The smallest absolute Gasteiger partial charge is 0.235 e. The molecule has 1 aromatic rings. The summed E-state index contributed by atoms with van der Waals surface area (Å²) < 4.78 is 25.2. The number of hydrogen-bond acceptors (Lipinski definition) is 2. The van der Waals surface area contributed by atoms with Crippen molar-refractivity contribution in [3.63, 3.8) is 0 Å². The fourth-order valence-corrected chi connectivity index (χ4v) is 2.35. The minimum atomic E-state index is -1.66. The molecule has 0 heterocycles. The molecule has 0 bridgehead atoms. The number of benzene rings is 1. The number of rotatable bonds is 4. The van der Waals surface area contributed by atoms with Crippen LogP contribution in [0.5, 0.6) is 0 Å². The van der Waals surface area contributed by atoms with Gasteiger partial charge in [0.05, 0.1) is 15.7 Å². The van der Waals surface area contributed by atoms with Gasteiger partial charge in [0.2, 0.25) is 5.91 Å². The molecule has 2 atom stereocenters. The zero-order valence-electron chi connectivity index (χ0n) is 9.20. The standard InChI is InChI=1S/C11H14FNO2S/c1-3-13-11(14)8(2)16(15)10-7-5-4-6-9(10)12/h4-8H,3H2,1-2H3,(H,13,14). The van der Waals surface area contributed by atoms with Crippen molar-refractivity contribution >= 4 is 16.7 Å². The summed E-state index contributed by atoms with van der Waals surface area (Å²) in [6.45, 7) is 3.77. The molecule has 16 heavy (non-hydrogen) atoms. The highest BCUT2D eigenvalue weighted by molar-refractivity contribution is 7.86. The average Bonchev–Trinajstić information content (AvgIpc) is 2.28. The zero-order valence-corrected chi connectivity index (χ0v) is 10.0. The second kappa shape index (κ2) is 5.75. The van der Waals surface area contributed by atoms with E-state index in [9.17, 15) is 13.4 Å². The first-order valence-electron chi connectivity index (χ1n) is 5.00. The summed E-state index contributed by atoms with van der Waals surface area (Å²) in [6, 6.07) is 5.78. The minimum Gasteiger partial charge on any atom is -0.355 e. The highest BCUT2D eigenvalue weighted by Gasteiger charge is 2.22. The van der Waals surface area contributed by atoms with E-state index in [2.05, 4.69) is 5.32 Å². The van der Waals surface area contributed by atoms with Crippen LogP contribution in [-0.2, 0) is 15.6 Å². The van der Waals surface area contributed by atoms with E-state index >= 15 is 0 Å². The lowest BCUT2D eigenvalue weighted by atomic mass is 10.3. The molecule has 5 heteroatoms. The predicted molar refractivity (Wildman–Crippen MR) is 61.0 cm³/mol. The summed E-state index contributed by atoms with van der Waals surface area (Å²) in [5, 5.41) is 1.81. The number of nitrogens with one attached hydrogen (secondary N) is 1. The van der Waals surface area contributed by atoms with Crippen LogP contribution in [0.2, 0.25) is 0 Å². The van der Waals surface area contributed by atoms with Crippen molar-refractivity contribution in [3.05, 3.63) is 30.1 Å². The molecule has 1 aromatic carbocycles. The van der Waals surface area contributed by atoms with Crippen molar-refractivity contribution in [2.75, 3.05) is 6.54 Å². The van der Waals surface area contributed by atoms with E-state index in [4.69, 9.17) is 0 Å². The fourth-order valence-electron chi connectivity index (χ4n) is 1.21. The van der Waals surface area contributed by atoms with E-state index in [1.807, 2.05) is 0 Å². The molecule has 0 aliphatic heterocycles. The molecule has 88 valence electrons. The van der Waals surface area contributed by atoms with Gasteiger partial charge < -0.3 is 5.32 Å². The predicted octanol–water partition coefficient (Wildman–Crippen LogP) is 1.46. The normalized spacial score (nSPS) is 14.2. The van der Waals surface area contributed by atoms with Crippen molar-refractivity contribution in [2.45, 2.75) is 24.0 Å². The van der Waals surface area contributed by atoms with Gasteiger partial charge in [-0.2, -0.15) is 0 Å². The van der Waals surface area contributed by atoms with E-state index < -0.39 is 21.9 Å². The summed E-state index contributed by atoms with van der Waals surface area (Å²) >= 11 is 0. The molecule has 1 rings (SSSR count). The second-order valence-electron chi connectivity index (χ2n) is 3.26. The molecule has 2 unspecified atom stereocenters. The molecule has 0 fully saturated rings. The summed E-state index contributed by atoms with van der Waals surface area (Å²) in [6.07, 6.45) is 0. The molecule has 0 aliphatic rings. The van der Waals surface area contributed by atoms with Crippen LogP contribution < -0.4 is 5.32 Å². The van der Waals surface area contributed by atoms with Gasteiger partial charge >= 0.3 is 0 Å². The van der Waals surface area contributed by atoms with Gasteiger partial charge in [-0.05, 0) is 26.0 Å². The molecule has 1 amide bonds. The lowest BCUT2D eigenvalue weighted by molar-refractivity contribution is -0.120. The van der Waals surface area contributed by atoms with Crippen LogP contribution in [0.25, 0.3) is 0 Å². The van der Waals surface area contributed by atoms with Crippen molar-refractivity contribution in [3.8, 4) is 0 Å². The van der Waals surface area contributed by atoms with Crippen LogP contribution in [0, 0.1) is 5.82 Å². The van der Waals surface area contributed by atoms with Gasteiger partial charge in [0.25, 0.3) is 0 Å². The van der Waals surface area contributed by atoms with Crippen LogP contribution in [0.4, 0.5) is 4.39 Å². The van der Waals surface area contributed by atoms with Gasteiger partial charge in [0.1, 0.15) is 11.1 Å². The minimum absolute atomic E-state index is 0.0706. The van der Waals surface area contributed by atoms with Gasteiger partial charge in [-0.1, -0.05) is 12.1 Å². The summed E-state index contributed by atoms with van der Waals surface area (Å²) in [4.78, 5) is 11.5. The maximum Gasteiger partial charge on any atom is 0.235 e. The van der Waals surface area contributed by atoms with Crippen molar-refractivity contribution in [1.29, 1.82) is 0 Å². The van der Waals surface area contributed by atoms with Crippen LogP contribution in [0.1, 0.15) is 13.8 Å². The van der Waals surface area contributed by atoms with E-state index in [0.29, 0.717) is 6.54 Å². The Bertz CT molecular complexity index is 409. The first-order valence-corrected chi connectivity index (χ1v) is 6.22. The fraction of sp³-hybridized carbons (Fsp3) is 0.364. The van der Waals surface area contributed by atoms with Gasteiger partial charge in [0, 0.05) is 6.54 Å². The van der Waals surface area contributed by atoms with Gasteiger partial charge in [-0.25, -0.2) is 4.39 Å². The van der Waals surface area contributed by atoms with Crippen molar-refractivity contribution in [2.24, 2.45) is 0 Å². The molecular weight excluding hydrogens is 229 g/mol. The van der Waals surface area contributed by atoms with Crippen molar-refractivity contribution in [1.82, 2.24) is 5.32 Å².